The van der Waals surface area contributed by atoms with Crippen molar-refractivity contribution in [3.63, 3.8) is 0 Å². The molecular formula is C11H22O2Si. The zero-order valence-corrected chi connectivity index (χ0v) is 10.8. The van der Waals surface area contributed by atoms with Crippen molar-refractivity contribution in [3.8, 4) is 0 Å². The predicted molar refractivity (Wildman–Crippen MR) is 63.1 cm³/mol. The molecule has 14 heavy (non-hydrogen) atoms. The molecule has 0 aliphatic rings. The summed E-state index contributed by atoms with van der Waals surface area (Å²) in [4.78, 5) is 10.8. The molecule has 0 bridgehead atoms. The highest BCUT2D eigenvalue weighted by Gasteiger charge is 2.21. The van der Waals surface area contributed by atoms with Crippen LogP contribution in [0, 0.1) is 5.92 Å². The van der Waals surface area contributed by atoms with Crippen LogP contribution >= 0.6 is 0 Å². The molecule has 82 valence electrons. The molecule has 0 heterocycles. The van der Waals surface area contributed by atoms with Gasteiger partial charge in [0.1, 0.15) is 0 Å². The summed E-state index contributed by atoms with van der Waals surface area (Å²) in [6, 6.07) is 2.34. The summed E-state index contributed by atoms with van der Waals surface area (Å²) in [6.07, 6.45) is 1.22. The standard InChI is InChI=1S/C11H22O2Si/c1-6-11(12)13-7-8-14(4,5)9-10(2)3/h6,10H,1,7-9H2,2-5H3. The molecule has 3 heteroatoms. The van der Waals surface area contributed by atoms with Gasteiger partial charge in [0.25, 0.3) is 0 Å². The Morgan fingerprint density at radius 2 is 2.07 bits per heavy atom. The van der Waals surface area contributed by atoms with Gasteiger partial charge in [-0.3, -0.25) is 0 Å². The van der Waals surface area contributed by atoms with E-state index in [0.717, 1.165) is 12.0 Å². The highest BCUT2D eigenvalue weighted by molar-refractivity contribution is 6.77. The fourth-order valence-corrected chi connectivity index (χ4v) is 4.76. The Balaban J connectivity index is 3.75. The van der Waals surface area contributed by atoms with Gasteiger partial charge in [0.15, 0.2) is 0 Å². The van der Waals surface area contributed by atoms with Crippen molar-refractivity contribution in [2.75, 3.05) is 6.61 Å². The van der Waals surface area contributed by atoms with E-state index in [-0.39, 0.29) is 5.97 Å². The molecule has 2 nitrogen and oxygen atoms in total. The molecule has 0 saturated carbocycles. The third kappa shape index (κ3) is 6.89. The largest absolute Gasteiger partial charge is 0.463 e. The average Bonchev–Trinajstić information content (AvgIpc) is 2.01. The molecule has 0 amide bonds. The zero-order chi connectivity index (χ0) is 11.2. The van der Waals surface area contributed by atoms with E-state index in [4.69, 9.17) is 4.74 Å². The molecule has 0 atom stereocenters. The first-order valence-electron chi connectivity index (χ1n) is 5.16. The second-order valence-electron chi connectivity index (χ2n) is 4.88. The summed E-state index contributed by atoms with van der Waals surface area (Å²) in [6.45, 7) is 13.1. The Kier molecular flexibility index (Phi) is 5.77. The molecule has 0 aliphatic heterocycles. The van der Waals surface area contributed by atoms with Crippen LogP contribution in [0.25, 0.3) is 0 Å². The van der Waals surface area contributed by atoms with E-state index in [1.54, 1.807) is 0 Å². The zero-order valence-electron chi connectivity index (χ0n) is 9.80. The lowest BCUT2D eigenvalue weighted by Crippen LogP contribution is -2.29. The molecule has 0 spiro atoms. The molecule has 0 unspecified atom stereocenters. The van der Waals surface area contributed by atoms with Gasteiger partial charge in [-0.15, -0.1) is 0 Å². The Labute approximate surface area is 88.4 Å². The number of esters is 1. The lowest BCUT2D eigenvalue weighted by molar-refractivity contribution is -0.137. The van der Waals surface area contributed by atoms with Gasteiger partial charge in [-0.05, 0) is 12.0 Å². The monoisotopic (exact) mass is 214 g/mol. The van der Waals surface area contributed by atoms with E-state index in [1.165, 1.54) is 12.1 Å². The van der Waals surface area contributed by atoms with Gasteiger partial charge in [0.2, 0.25) is 0 Å². The van der Waals surface area contributed by atoms with Crippen molar-refractivity contribution in [3.05, 3.63) is 12.7 Å². The molecule has 0 aliphatic carbocycles. The third-order valence-corrected chi connectivity index (χ3v) is 5.63. The first-order chi connectivity index (χ1) is 6.37. The minimum absolute atomic E-state index is 0.306. The Hall–Kier alpha value is -0.573. The van der Waals surface area contributed by atoms with Crippen molar-refractivity contribution in [2.24, 2.45) is 5.92 Å². The van der Waals surface area contributed by atoms with Crippen LogP contribution in [0.1, 0.15) is 13.8 Å². The van der Waals surface area contributed by atoms with E-state index in [0.29, 0.717) is 6.61 Å². The summed E-state index contributed by atoms with van der Waals surface area (Å²) >= 11 is 0. The van der Waals surface area contributed by atoms with Gasteiger partial charge >= 0.3 is 5.97 Å². The summed E-state index contributed by atoms with van der Waals surface area (Å²) in [5.41, 5.74) is 0. The highest BCUT2D eigenvalue weighted by atomic mass is 28.3. The second kappa shape index (κ2) is 6.01. The predicted octanol–water partition coefficient (Wildman–Crippen LogP) is 3.08. The molecule has 0 aromatic carbocycles. The quantitative estimate of drug-likeness (QED) is 0.386. The van der Waals surface area contributed by atoms with Crippen molar-refractivity contribution in [1.82, 2.24) is 0 Å². The van der Waals surface area contributed by atoms with Crippen LogP contribution in [-0.4, -0.2) is 20.7 Å². The molecule has 0 aromatic rings. The van der Waals surface area contributed by atoms with Gasteiger partial charge in [-0.25, -0.2) is 4.79 Å². The van der Waals surface area contributed by atoms with Crippen LogP contribution in [0.2, 0.25) is 25.2 Å². The van der Waals surface area contributed by atoms with Crippen LogP contribution in [-0.2, 0) is 9.53 Å². The maximum absolute atomic E-state index is 10.8. The molecular weight excluding hydrogens is 192 g/mol. The summed E-state index contributed by atoms with van der Waals surface area (Å²) in [5, 5.41) is 0. The van der Waals surface area contributed by atoms with Crippen LogP contribution in [0.15, 0.2) is 12.7 Å². The van der Waals surface area contributed by atoms with Crippen molar-refractivity contribution >= 4 is 14.0 Å². The smallest absolute Gasteiger partial charge is 0.330 e. The first kappa shape index (κ1) is 13.4. The fraction of sp³-hybridized carbons (Fsp3) is 0.727. The van der Waals surface area contributed by atoms with Crippen LogP contribution in [0.4, 0.5) is 0 Å². The van der Waals surface area contributed by atoms with E-state index in [1.807, 2.05) is 0 Å². The normalized spacial score (nSPS) is 11.5. The maximum Gasteiger partial charge on any atom is 0.330 e. The van der Waals surface area contributed by atoms with Crippen LogP contribution < -0.4 is 0 Å². The minimum Gasteiger partial charge on any atom is -0.463 e. The summed E-state index contributed by atoms with van der Waals surface area (Å²) in [7, 11) is -1.16. The van der Waals surface area contributed by atoms with Crippen LogP contribution in [0.5, 0.6) is 0 Å². The lowest BCUT2D eigenvalue weighted by atomic mass is 10.3. The van der Waals surface area contributed by atoms with Crippen molar-refractivity contribution in [2.45, 2.75) is 39.0 Å². The van der Waals surface area contributed by atoms with Crippen LogP contribution in [0.3, 0.4) is 0 Å². The molecule has 0 fully saturated rings. The number of carbonyl (C=O) groups excluding carboxylic acids is 1. The first-order valence-corrected chi connectivity index (χ1v) is 8.58. The molecule has 0 radical (unpaired) electrons. The molecule has 0 saturated heterocycles. The molecule has 0 rings (SSSR count). The Morgan fingerprint density at radius 1 is 1.50 bits per heavy atom. The second-order valence-corrected chi connectivity index (χ2v) is 10.1. The van der Waals surface area contributed by atoms with Gasteiger partial charge in [0, 0.05) is 6.08 Å². The lowest BCUT2D eigenvalue weighted by Gasteiger charge is -2.23. The number of hydrogen-bond donors (Lipinski definition) is 0. The third-order valence-electron chi connectivity index (χ3n) is 2.15. The van der Waals surface area contributed by atoms with Gasteiger partial charge < -0.3 is 4.74 Å². The summed E-state index contributed by atoms with van der Waals surface area (Å²) < 4.78 is 4.99. The fourth-order valence-electron chi connectivity index (χ4n) is 1.69. The number of carbonyl (C=O) groups is 1. The molecule has 0 N–H and O–H groups in total. The number of ether oxygens (including phenoxy) is 1. The number of rotatable bonds is 6. The van der Waals surface area contributed by atoms with Crippen molar-refractivity contribution < 1.29 is 9.53 Å². The van der Waals surface area contributed by atoms with E-state index in [2.05, 4.69) is 33.5 Å². The molecule has 0 aromatic heterocycles. The van der Waals surface area contributed by atoms with Crippen molar-refractivity contribution in [1.29, 1.82) is 0 Å². The Bertz CT molecular complexity index is 197. The van der Waals surface area contributed by atoms with E-state index in [9.17, 15) is 4.79 Å². The SMILES string of the molecule is C=CC(=O)OCC[Si](C)(C)CC(C)C. The topological polar surface area (TPSA) is 26.3 Å². The van der Waals surface area contributed by atoms with Gasteiger partial charge in [0.05, 0.1) is 14.7 Å². The average molecular weight is 214 g/mol. The maximum atomic E-state index is 10.8. The highest BCUT2D eigenvalue weighted by Crippen LogP contribution is 2.20. The minimum atomic E-state index is -1.16. The number of hydrogen-bond acceptors (Lipinski definition) is 2. The summed E-state index contributed by atoms with van der Waals surface area (Å²) in [5.74, 6) is 0.436. The van der Waals surface area contributed by atoms with E-state index < -0.39 is 8.07 Å². The van der Waals surface area contributed by atoms with Gasteiger partial charge in [-0.2, -0.15) is 0 Å². The van der Waals surface area contributed by atoms with Gasteiger partial charge in [-0.1, -0.05) is 39.6 Å². The Morgan fingerprint density at radius 3 is 2.50 bits per heavy atom. The van der Waals surface area contributed by atoms with E-state index >= 15 is 0 Å².